The number of thiazole rings is 1. The zero-order chi connectivity index (χ0) is 12.4. The first-order chi connectivity index (χ1) is 8.06. The average Bonchev–Trinajstić information content (AvgIpc) is 2.68. The molecule has 0 aliphatic rings. The molecule has 0 fully saturated rings. The Kier molecular flexibility index (Phi) is 3.97. The van der Waals surface area contributed by atoms with Crippen molar-refractivity contribution in [1.29, 1.82) is 0 Å². The molecule has 1 heterocycles. The summed E-state index contributed by atoms with van der Waals surface area (Å²) in [6, 6.07) is 6.28. The summed E-state index contributed by atoms with van der Waals surface area (Å²) in [5.41, 5.74) is 9.65. The Balaban J connectivity index is 2.14. The zero-order valence-electron chi connectivity index (χ0n) is 9.90. The third-order valence-electron chi connectivity index (χ3n) is 2.72. The number of benzene rings is 1. The van der Waals surface area contributed by atoms with E-state index in [2.05, 4.69) is 51.4 Å². The number of hydrogen-bond acceptors (Lipinski definition) is 3. The topological polar surface area (TPSA) is 38.9 Å². The Morgan fingerprint density at radius 3 is 2.76 bits per heavy atom. The Labute approximate surface area is 114 Å². The lowest BCUT2D eigenvalue weighted by atomic mass is 10.0. The molecule has 1 unspecified atom stereocenters. The number of aromatic nitrogens is 1. The maximum absolute atomic E-state index is 6.20. The predicted molar refractivity (Wildman–Crippen MR) is 76.4 cm³/mol. The molecule has 2 N–H and O–H groups in total. The van der Waals surface area contributed by atoms with Gasteiger partial charge < -0.3 is 5.73 Å². The molecule has 1 atom stereocenters. The normalized spacial score (nSPS) is 12.7. The first kappa shape index (κ1) is 12.7. The fraction of sp³-hybridized carbons (Fsp3) is 0.308. The molecular weight excluding hydrogens is 296 g/mol. The smallest absolute Gasteiger partial charge is 0.0897 e. The number of rotatable bonds is 3. The Morgan fingerprint density at radius 2 is 2.18 bits per heavy atom. The van der Waals surface area contributed by atoms with Crippen LogP contribution in [-0.2, 0) is 6.42 Å². The zero-order valence-corrected chi connectivity index (χ0v) is 12.3. The van der Waals surface area contributed by atoms with Crippen LogP contribution in [0.25, 0.3) is 0 Å². The van der Waals surface area contributed by atoms with Gasteiger partial charge in [0.15, 0.2) is 0 Å². The molecule has 0 spiro atoms. The molecule has 2 aromatic rings. The second-order valence-electron chi connectivity index (χ2n) is 4.18. The van der Waals surface area contributed by atoms with Crippen LogP contribution in [0, 0.1) is 13.8 Å². The van der Waals surface area contributed by atoms with E-state index in [9.17, 15) is 0 Å². The number of halogens is 1. The first-order valence-corrected chi connectivity index (χ1v) is 7.16. The van der Waals surface area contributed by atoms with E-state index in [0.717, 1.165) is 27.2 Å². The highest BCUT2D eigenvalue weighted by Crippen LogP contribution is 2.23. The van der Waals surface area contributed by atoms with E-state index in [4.69, 9.17) is 5.73 Å². The van der Waals surface area contributed by atoms with Gasteiger partial charge in [0.2, 0.25) is 0 Å². The number of aryl methyl sites for hydroxylation is 2. The molecule has 2 rings (SSSR count). The van der Waals surface area contributed by atoms with Crippen LogP contribution in [0.3, 0.4) is 0 Å². The molecule has 0 saturated carbocycles. The van der Waals surface area contributed by atoms with Gasteiger partial charge in [-0.25, -0.2) is 4.98 Å². The fourth-order valence-electron chi connectivity index (χ4n) is 1.68. The van der Waals surface area contributed by atoms with Crippen molar-refractivity contribution in [3.05, 3.63) is 49.9 Å². The summed E-state index contributed by atoms with van der Waals surface area (Å²) in [6.07, 6.45) is 0.792. The lowest BCUT2D eigenvalue weighted by molar-refractivity contribution is 0.708. The number of nitrogens with two attached hydrogens (primary N) is 1. The van der Waals surface area contributed by atoms with Crippen molar-refractivity contribution in [2.75, 3.05) is 0 Å². The second-order valence-corrected chi connectivity index (χ2v) is 6.09. The van der Waals surface area contributed by atoms with E-state index in [1.54, 1.807) is 11.3 Å². The van der Waals surface area contributed by atoms with Crippen molar-refractivity contribution >= 4 is 27.3 Å². The molecule has 0 amide bonds. The molecular formula is C13H15BrN2S. The van der Waals surface area contributed by atoms with Crippen LogP contribution in [-0.4, -0.2) is 4.98 Å². The van der Waals surface area contributed by atoms with Gasteiger partial charge >= 0.3 is 0 Å². The maximum Gasteiger partial charge on any atom is 0.0897 e. The molecule has 4 heteroatoms. The van der Waals surface area contributed by atoms with Gasteiger partial charge in [0.05, 0.1) is 10.7 Å². The molecule has 0 bridgehead atoms. The summed E-state index contributed by atoms with van der Waals surface area (Å²) in [6.45, 7) is 4.09. The number of nitrogens with zero attached hydrogens (tertiary/aromatic N) is 1. The van der Waals surface area contributed by atoms with Crippen LogP contribution in [0.5, 0.6) is 0 Å². The Hall–Kier alpha value is -0.710. The number of hydrogen-bond donors (Lipinski definition) is 1. The standard InChI is InChI=1S/C13H15BrN2S/c1-8-3-4-10(5-12(8)14)13(15)6-11-7-17-9(2)16-11/h3-5,7,13H,6,15H2,1-2H3. The average molecular weight is 311 g/mol. The highest BCUT2D eigenvalue weighted by Gasteiger charge is 2.10. The van der Waals surface area contributed by atoms with Gasteiger partial charge in [-0.2, -0.15) is 0 Å². The minimum Gasteiger partial charge on any atom is -0.324 e. The van der Waals surface area contributed by atoms with Gasteiger partial charge in [0, 0.05) is 22.3 Å². The molecule has 0 radical (unpaired) electrons. The first-order valence-electron chi connectivity index (χ1n) is 5.49. The second kappa shape index (κ2) is 5.29. The predicted octanol–water partition coefficient (Wildman–Crippen LogP) is 3.76. The minimum atomic E-state index is 0.00778. The fourth-order valence-corrected chi connectivity index (χ4v) is 2.71. The van der Waals surface area contributed by atoms with E-state index >= 15 is 0 Å². The minimum absolute atomic E-state index is 0.00778. The van der Waals surface area contributed by atoms with Crippen molar-refractivity contribution in [3.63, 3.8) is 0 Å². The van der Waals surface area contributed by atoms with Gasteiger partial charge in [-0.05, 0) is 31.0 Å². The Morgan fingerprint density at radius 1 is 1.41 bits per heavy atom. The van der Waals surface area contributed by atoms with E-state index in [0.29, 0.717) is 0 Å². The van der Waals surface area contributed by atoms with Gasteiger partial charge in [0.1, 0.15) is 0 Å². The molecule has 0 aliphatic heterocycles. The largest absolute Gasteiger partial charge is 0.324 e. The van der Waals surface area contributed by atoms with Crippen LogP contribution in [0.1, 0.15) is 27.9 Å². The SMILES string of the molecule is Cc1nc(CC(N)c2ccc(C)c(Br)c2)cs1. The van der Waals surface area contributed by atoms with E-state index < -0.39 is 0 Å². The summed E-state index contributed by atoms with van der Waals surface area (Å²) in [4.78, 5) is 4.44. The molecule has 90 valence electrons. The highest BCUT2D eigenvalue weighted by molar-refractivity contribution is 9.10. The van der Waals surface area contributed by atoms with Crippen molar-refractivity contribution in [2.24, 2.45) is 5.73 Å². The molecule has 0 aliphatic carbocycles. The van der Waals surface area contributed by atoms with Crippen LogP contribution in [0.2, 0.25) is 0 Å². The molecule has 0 saturated heterocycles. The monoisotopic (exact) mass is 310 g/mol. The summed E-state index contributed by atoms with van der Waals surface area (Å²) in [5.74, 6) is 0. The molecule has 1 aromatic heterocycles. The van der Waals surface area contributed by atoms with E-state index in [1.165, 1.54) is 5.56 Å². The van der Waals surface area contributed by atoms with Crippen LogP contribution in [0.4, 0.5) is 0 Å². The van der Waals surface area contributed by atoms with Gasteiger partial charge in [-0.15, -0.1) is 11.3 Å². The van der Waals surface area contributed by atoms with Crippen LogP contribution in [0.15, 0.2) is 28.1 Å². The van der Waals surface area contributed by atoms with Crippen molar-refractivity contribution < 1.29 is 0 Å². The van der Waals surface area contributed by atoms with E-state index in [-0.39, 0.29) is 6.04 Å². The van der Waals surface area contributed by atoms with Crippen molar-refractivity contribution in [1.82, 2.24) is 4.98 Å². The third kappa shape index (κ3) is 3.15. The van der Waals surface area contributed by atoms with Crippen molar-refractivity contribution in [2.45, 2.75) is 26.3 Å². The molecule has 17 heavy (non-hydrogen) atoms. The lowest BCUT2D eigenvalue weighted by Crippen LogP contribution is -2.13. The lowest BCUT2D eigenvalue weighted by Gasteiger charge is -2.11. The van der Waals surface area contributed by atoms with Gasteiger partial charge in [-0.3, -0.25) is 0 Å². The van der Waals surface area contributed by atoms with Crippen LogP contribution < -0.4 is 5.73 Å². The third-order valence-corrected chi connectivity index (χ3v) is 4.40. The van der Waals surface area contributed by atoms with Gasteiger partial charge in [-0.1, -0.05) is 28.1 Å². The summed E-state index contributed by atoms with van der Waals surface area (Å²) in [5, 5.41) is 3.18. The highest BCUT2D eigenvalue weighted by atomic mass is 79.9. The summed E-state index contributed by atoms with van der Waals surface area (Å²) >= 11 is 5.21. The quantitative estimate of drug-likeness (QED) is 0.937. The summed E-state index contributed by atoms with van der Waals surface area (Å²) in [7, 11) is 0. The van der Waals surface area contributed by atoms with Crippen molar-refractivity contribution in [3.8, 4) is 0 Å². The summed E-state index contributed by atoms with van der Waals surface area (Å²) < 4.78 is 1.11. The molecule has 1 aromatic carbocycles. The van der Waals surface area contributed by atoms with Gasteiger partial charge in [0.25, 0.3) is 0 Å². The maximum atomic E-state index is 6.20. The molecule has 2 nitrogen and oxygen atoms in total. The Bertz CT molecular complexity index is 522. The van der Waals surface area contributed by atoms with Crippen LogP contribution >= 0.6 is 27.3 Å². The van der Waals surface area contributed by atoms with E-state index in [1.807, 2.05) is 6.92 Å².